The quantitative estimate of drug-likeness (QED) is 0.324. The Morgan fingerprint density at radius 3 is 2.49 bits per heavy atom. The van der Waals surface area contributed by atoms with Crippen molar-refractivity contribution in [2.45, 2.75) is 43.4 Å². The fourth-order valence-corrected chi connectivity index (χ4v) is 9.06. The third-order valence-corrected chi connectivity index (χ3v) is 11.4. The third kappa shape index (κ3) is 4.71. The normalized spacial score (nSPS) is 17.1. The largest absolute Gasteiger partial charge is 0.317 e. The number of nitrogens with one attached hydrogen (secondary N) is 1. The number of thiophene rings is 1. The molecule has 0 unspecified atom stereocenters. The van der Waals surface area contributed by atoms with Crippen LogP contribution >= 0.6 is 22.7 Å². The number of carbonyl (C=O) groups is 1. The molecule has 0 radical (unpaired) electrons. The van der Waals surface area contributed by atoms with Crippen molar-refractivity contribution >= 4 is 53.8 Å². The summed E-state index contributed by atoms with van der Waals surface area (Å²) in [4.78, 5) is 19.7. The topological polar surface area (TPSA) is 79.4 Å². The Labute approximate surface area is 223 Å². The molecule has 37 heavy (non-hydrogen) atoms. The zero-order valence-corrected chi connectivity index (χ0v) is 22.5. The summed E-state index contributed by atoms with van der Waals surface area (Å²) in [6, 6.07) is 12.9. The lowest BCUT2D eigenvalue weighted by atomic mass is 9.95. The highest BCUT2D eigenvalue weighted by Crippen LogP contribution is 2.46. The van der Waals surface area contributed by atoms with E-state index in [1.807, 2.05) is 18.2 Å². The van der Waals surface area contributed by atoms with E-state index in [0.29, 0.717) is 12.8 Å². The molecule has 6 rings (SSSR count). The summed E-state index contributed by atoms with van der Waals surface area (Å²) in [6.45, 7) is 0.507. The van der Waals surface area contributed by atoms with Crippen molar-refractivity contribution < 1.29 is 17.6 Å². The van der Waals surface area contributed by atoms with Gasteiger partial charge in [-0.25, -0.2) is 17.8 Å². The van der Waals surface area contributed by atoms with Gasteiger partial charge in [-0.05, 0) is 80.5 Å². The second-order valence-corrected chi connectivity index (χ2v) is 13.6. The van der Waals surface area contributed by atoms with Crippen molar-refractivity contribution in [3.05, 3.63) is 64.8 Å². The van der Waals surface area contributed by atoms with Crippen LogP contribution in [0, 0.1) is 11.7 Å². The predicted molar refractivity (Wildman–Crippen MR) is 146 cm³/mol. The summed E-state index contributed by atoms with van der Waals surface area (Å²) < 4.78 is 41.7. The number of fused-ring (bicyclic) bond motifs is 2. The third-order valence-electron chi connectivity index (χ3n) is 7.19. The van der Waals surface area contributed by atoms with Crippen LogP contribution in [0.4, 0.5) is 9.39 Å². The summed E-state index contributed by atoms with van der Waals surface area (Å²) in [5.74, 6) is -0.823. The number of para-hydroxylation sites is 1. The molecule has 1 N–H and O–H groups in total. The average molecular weight is 556 g/mol. The van der Waals surface area contributed by atoms with E-state index < -0.39 is 15.8 Å². The molecule has 6 nitrogen and oxygen atoms in total. The highest BCUT2D eigenvalue weighted by Gasteiger charge is 2.33. The van der Waals surface area contributed by atoms with Gasteiger partial charge in [0, 0.05) is 29.4 Å². The molecule has 192 valence electrons. The second-order valence-electron chi connectivity index (χ2n) is 9.52. The first-order chi connectivity index (χ1) is 17.9. The van der Waals surface area contributed by atoms with Gasteiger partial charge in [0.05, 0.1) is 15.1 Å². The number of anilines is 1. The fourth-order valence-electron chi connectivity index (χ4n) is 5.19. The monoisotopic (exact) mass is 555 g/mol. The van der Waals surface area contributed by atoms with Gasteiger partial charge in [0.1, 0.15) is 15.8 Å². The van der Waals surface area contributed by atoms with Crippen LogP contribution in [0.25, 0.3) is 20.8 Å². The van der Waals surface area contributed by atoms with Crippen molar-refractivity contribution in [1.29, 1.82) is 0 Å². The number of hydrogen-bond donors (Lipinski definition) is 1. The van der Waals surface area contributed by atoms with Crippen molar-refractivity contribution in [1.82, 2.24) is 9.29 Å². The van der Waals surface area contributed by atoms with E-state index in [4.69, 9.17) is 4.98 Å². The lowest BCUT2D eigenvalue weighted by molar-refractivity contribution is -0.120. The highest BCUT2D eigenvalue weighted by atomic mass is 32.2. The molecule has 2 aromatic heterocycles. The Morgan fingerprint density at radius 1 is 1.00 bits per heavy atom. The highest BCUT2D eigenvalue weighted by molar-refractivity contribution is 7.89. The number of carbonyl (C=O) groups excluding carboxylic acids is 1. The molecular formula is C27H26FN3O3S3. The first-order valence-corrected chi connectivity index (χ1v) is 15.5. The number of piperidine rings is 1. The van der Waals surface area contributed by atoms with E-state index in [-0.39, 0.29) is 29.8 Å². The molecule has 1 fully saturated rings. The lowest BCUT2D eigenvalue weighted by Crippen LogP contribution is -2.41. The number of hydrogen-bond acceptors (Lipinski definition) is 6. The molecule has 2 aromatic carbocycles. The van der Waals surface area contributed by atoms with Crippen LogP contribution in [0.2, 0.25) is 0 Å². The van der Waals surface area contributed by atoms with Gasteiger partial charge in [-0.15, -0.1) is 22.7 Å². The van der Waals surface area contributed by atoms with E-state index in [1.165, 1.54) is 26.9 Å². The molecule has 3 heterocycles. The molecule has 2 aliphatic rings. The van der Waals surface area contributed by atoms with Crippen LogP contribution in [-0.4, -0.2) is 36.7 Å². The minimum absolute atomic E-state index is 0.0696. The summed E-state index contributed by atoms with van der Waals surface area (Å²) in [5.41, 5.74) is 3.33. The molecular weight excluding hydrogens is 530 g/mol. The average Bonchev–Trinajstić information content (AvgIpc) is 3.49. The van der Waals surface area contributed by atoms with Gasteiger partial charge in [0.2, 0.25) is 15.9 Å². The molecule has 10 heteroatoms. The molecule has 1 saturated heterocycles. The Bertz CT molecular complexity index is 1540. The first-order valence-electron chi connectivity index (χ1n) is 12.5. The molecule has 4 aromatic rings. The van der Waals surface area contributed by atoms with E-state index in [9.17, 15) is 17.6 Å². The predicted octanol–water partition coefficient (Wildman–Crippen LogP) is 6.08. The number of aromatic nitrogens is 1. The van der Waals surface area contributed by atoms with Gasteiger partial charge < -0.3 is 5.32 Å². The van der Waals surface area contributed by atoms with Crippen LogP contribution in [0.5, 0.6) is 0 Å². The van der Waals surface area contributed by atoms with Crippen LogP contribution in [0.1, 0.15) is 36.1 Å². The van der Waals surface area contributed by atoms with E-state index in [0.717, 1.165) is 63.6 Å². The van der Waals surface area contributed by atoms with Gasteiger partial charge in [0.15, 0.2) is 0 Å². The number of halogens is 1. The van der Waals surface area contributed by atoms with Crippen LogP contribution in [0.3, 0.4) is 0 Å². The Kier molecular flexibility index (Phi) is 6.60. The Morgan fingerprint density at radius 2 is 1.73 bits per heavy atom. The molecule has 0 saturated carbocycles. The summed E-state index contributed by atoms with van der Waals surface area (Å²) in [6.07, 6.45) is 5.18. The Hall–Kier alpha value is -2.66. The first kappa shape index (κ1) is 24.7. The van der Waals surface area contributed by atoms with Gasteiger partial charge in [-0.3, -0.25) is 4.79 Å². The minimum atomic E-state index is -3.71. The number of amides is 1. The molecule has 0 spiro atoms. The van der Waals surface area contributed by atoms with Gasteiger partial charge >= 0.3 is 0 Å². The molecule has 0 atom stereocenters. The van der Waals surface area contributed by atoms with Crippen LogP contribution < -0.4 is 5.32 Å². The zero-order chi connectivity index (χ0) is 25.6. The van der Waals surface area contributed by atoms with Crippen molar-refractivity contribution in [3.8, 4) is 10.6 Å². The molecule has 1 amide bonds. The fraction of sp³-hybridized carbons (Fsp3) is 0.333. The maximum atomic E-state index is 13.4. The number of nitrogens with zero attached hydrogens (tertiary/aromatic N) is 2. The smallest absolute Gasteiger partial charge is 0.243 e. The van der Waals surface area contributed by atoms with E-state index >= 15 is 0 Å². The van der Waals surface area contributed by atoms with E-state index in [2.05, 4.69) is 11.4 Å². The zero-order valence-electron chi connectivity index (χ0n) is 20.1. The van der Waals surface area contributed by atoms with Crippen molar-refractivity contribution in [2.75, 3.05) is 18.4 Å². The maximum absolute atomic E-state index is 13.4. The Balaban J connectivity index is 1.21. The maximum Gasteiger partial charge on any atom is 0.243 e. The van der Waals surface area contributed by atoms with Gasteiger partial charge in [-0.2, -0.15) is 4.31 Å². The van der Waals surface area contributed by atoms with Crippen molar-refractivity contribution in [3.63, 3.8) is 0 Å². The number of rotatable bonds is 5. The molecule has 0 bridgehead atoms. The number of thiazole rings is 1. The number of aryl methyl sites for hydroxylation is 1. The van der Waals surface area contributed by atoms with Crippen molar-refractivity contribution in [2.24, 2.45) is 5.92 Å². The van der Waals surface area contributed by atoms with Gasteiger partial charge in [-0.1, -0.05) is 12.1 Å². The molecule has 1 aliphatic heterocycles. The van der Waals surface area contributed by atoms with Crippen LogP contribution in [-0.2, 0) is 27.7 Å². The number of benzene rings is 2. The lowest BCUT2D eigenvalue weighted by Gasteiger charge is -2.30. The summed E-state index contributed by atoms with van der Waals surface area (Å²) in [7, 11) is -3.71. The molecule has 1 aliphatic carbocycles. The summed E-state index contributed by atoms with van der Waals surface area (Å²) in [5, 5.41) is 5.01. The SMILES string of the molecule is O=C(Nc1sc2c(c1-c1nc3ccccc3s1)CCCC2)C1CCN(S(=O)(=O)c2ccc(F)cc2)CC1. The second kappa shape index (κ2) is 9.90. The van der Waals surface area contributed by atoms with E-state index in [1.54, 1.807) is 22.7 Å². The van der Waals surface area contributed by atoms with Crippen LogP contribution in [0.15, 0.2) is 53.4 Å². The standard InChI is InChI=1S/C27H26FN3O3S3/c28-18-9-11-19(12-10-18)37(33,34)31-15-13-17(14-16-31)25(32)30-27-24(20-5-1-3-7-22(20)35-27)26-29-21-6-2-4-8-23(21)36-26/h2,4,6,8-12,17H,1,3,5,7,13-16H2,(H,30,32). The minimum Gasteiger partial charge on any atom is -0.317 e. The summed E-state index contributed by atoms with van der Waals surface area (Å²) >= 11 is 3.31. The number of sulfonamides is 1. The van der Waals surface area contributed by atoms with Gasteiger partial charge in [0.25, 0.3) is 0 Å².